The average molecular weight is 694 g/mol. The maximum Gasteiger partial charge on any atom is 0.172 e. The van der Waals surface area contributed by atoms with Crippen molar-refractivity contribution in [1.82, 2.24) is 0 Å². The molecule has 8 rings (SSSR count). The molecule has 4 aliphatic heterocycles. The molecule has 4 aliphatic rings. The molecular weight excluding hydrogens is 655 g/mol. The predicted molar refractivity (Wildman–Crippen MR) is 192 cm³/mol. The number of aryl methyl sites for hydroxylation is 3. The van der Waals surface area contributed by atoms with E-state index in [1.54, 1.807) is 19.2 Å². The number of benzene rings is 4. The number of hydrogen-bond acceptors (Lipinski definition) is 5. The molecule has 0 radical (unpaired) electrons. The zero-order chi connectivity index (χ0) is 33.7. The molecule has 0 aliphatic carbocycles. The third-order valence-corrected chi connectivity index (χ3v) is 8.53. The van der Waals surface area contributed by atoms with Crippen molar-refractivity contribution in [3.8, 4) is 40.2 Å². The van der Waals surface area contributed by atoms with Gasteiger partial charge in [-0.15, -0.1) is 0 Å². The Morgan fingerprint density at radius 3 is 2.17 bits per heavy atom. The standard InChI is InChI=1S/C39H39Cl3O5/c1-23(2)45-37-16-24(3)15-29-10-8-7-9-28-21-35(32(41)18-25(28)4)47-38-26(5)17-27(20-36(38)43-6)19-30(40)13-14-44-31-11-12-34(33(42)22-31)46-39(29)37/h7-8,11-13,15-18,20-23H,9-10,14,19H2,1-6H3/b8-7-,30-13+. The van der Waals surface area contributed by atoms with Gasteiger partial charge in [-0.25, -0.2) is 0 Å². The van der Waals surface area contributed by atoms with Crippen molar-refractivity contribution in [1.29, 1.82) is 0 Å². The number of hydrogen-bond donors (Lipinski definition) is 0. The van der Waals surface area contributed by atoms with Gasteiger partial charge in [0, 0.05) is 23.1 Å². The van der Waals surface area contributed by atoms with E-state index in [0.29, 0.717) is 74.6 Å². The Bertz CT molecular complexity index is 1830. The molecule has 4 aromatic rings. The summed E-state index contributed by atoms with van der Waals surface area (Å²) in [4.78, 5) is 0. The lowest BCUT2D eigenvalue weighted by atomic mass is 10.0. The molecule has 0 saturated carbocycles. The molecule has 8 heteroatoms. The van der Waals surface area contributed by atoms with Crippen molar-refractivity contribution < 1.29 is 23.7 Å². The largest absolute Gasteiger partial charge is 0.493 e. The van der Waals surface area contributed by atoms with Gasteiger partial charge >= 0.3 is 0 Å². The molecule has 246 valence electrons. The van der Waals surface area contributed by atoms with Crippen LogP contribution < -0.4 is 23.7 Å². The van der Waals surface area contributed by atoms with Gasteiger partial charge in [-0.2, -0.15) is 0 Å². The van der Waals surface area contributed by atoms with Crippen molar-refractivity contribution in [2.75, 3.05) is 13.7 Å². The lowest BCUT2D eigenvalue weighted by molar-refractivity contribution is 0.233. The number of methoxy groups -OCH3 is 1. The van der Waals surface area contributed by atoms with Gasteiger partial charge in [0.25, 0.3) is 0 Å². The lowest BCUT2D eigenvalue weighted by Crippen LogP contribution is -2.08. The highest BCUT2D eigenvalue weighted by Gasteiger charge is 2.18. The minimum absolute atomic E-state index is 0.0418. The zero-order valence-corrected chi connectivity index (χ0v) is 29.8. The van der Waals surface area contributed by atoms with E-state index in [1.807, 2.05) is 77.1 Å². The van der Waals surface area contributed by atoms with Gasteiger partial charge in [0.05, 0.1) is 23.3 Å². The molecule has 5 nitrogen and oxygen atoms in total. The second-order valence-electron chi connectivity index (χ2n) is 11.9. The van der Waals surface area contributed by atoms with Crippen LogP contribution in [0.25, 0.3) is 0 Å². The van der Waals surface area contributed by atoms with E-state index < -0.39 is 0 Å². The van der Waals surface area contributed by atoms with Gasteiger partial charge < -0.3 is 23.7 Å². The molecule has 0 saturated heterocycles. The molecule has 0 aromatic heterocycles. The molecule has 4 aromatic carbocycles. The normalized spacial score (nSPS) is 15.4. The van der Waals surface area contributed by atoms with Crippen LogP contribution in [-0.4, -0.2) is 19.8 Å². The third-order valence-electron chi connectivity index (χ3n) is 7.65. The second-order valence-corrected chi connectivity index (χ2v) is 13.2. The van der Waals surface area contributed by atoms with Gasteiger partial charge in [0.15, 0.2) is 23.0 Å². The first kappa shape index (κ1) is 34.6. The van der Waals surface area contributed by atoms with Crippen molar-refractivity contribution in [2.24, 2.45) is 0 Å². The van der Waals surface area contributed by atoms with Crippen molar-refractivity contribution in [3.05, 3.63) is 121 Å². The molecule has 0 fully saturated rings. The molecule has 0 spiro atoms. The van der Waals surface area contributed by atoms with Gasteiger partial charge in [-0.3, -0.25) is 0 Å². The Labute approximate surface area is 292 Å². The number of halogens is 3. The topological polar surface area (TPSA) is 46.2 Å². The molecule has 0 unspecified atom stereocenters. The Hall–Kier alpha value is -3.77. The van der Waals surface area contributed by atoms with Crippen LogP contribution in [0.2, 0.25) is 10.0 Å². The fourth-order valence-electron chi connectivity index (χ4n) is 5.40. The van der Waals surface area contributed by atoms with Crippen LogP contribution in [0.1, 0.15) is 47.2 Å². The highest BCUT2D eigenvalue weighted by molar-refractivity contribution is 6.32. The summed E-state index contributed by atoms with van der Waals surface area (Å²) in [5.74, 6) is 4.15. The van der Waals surface area contributed by atoms with Crippen molar-refractivity contribution >= 4 is 34.8 Å². The van der Waals surface area contributed by atoms with E-state index in [2.05, 4.69) is 18.2 Å². The van der Waals surface area contributed by atoms with Crippen LogP contribution >= 0.6 is 34.8 Å². The maximum absolute atomic E-state index is 6.72. The van der Waals surface area contributed by atoms with Crippen LogP contribution in [0.4, 0.5) is 0 Å². The maximum atomic E-state index is 6.72. The SMILES string of the molecule is COc1cc2cc(C)c1Oc1cc(c(C)cc1Cl)C/C=C\Cc1cc(C)cc(OC(C)C)c1Oc1ccc(cc1Cl)OC/C=C(/Cl)C2. The Morgan fingerprint density at radius 1 is 0.723 bits per heavy atom. The fourth-order valence-corrected chi connectivity index (χ4v) is 6.09. The highest BCUT2D eigenvalue weighted by Crippen LogP contribution is 2.42. The predicted octanol–water partition coefficient (Wildman–Crippen LogP) is 11.7. The number of allylic oxidation sites excluding steroid dienone is 3. The van der Waals surface area contributed by atoms with E-state index in [-0.39, 0.29) is 12.7 Å². The Balaban J connectivity index is 1.57. The Morgan fingerprint density at radius 2 is 1.45 bits per heavy atom. The fraction of sp³-hybridized carbons (Fsp3) is 0.282. The molecule has 4 heterocycles. The average Bonchev–Trinajstić information content (AvgIpc) is 3.00. The summed E-state index contributed by atoms with van der Waals surface area (Å²) in [6.07, 6.45) is 7.87. The first-order valence-electron chi connectivity index (χ1n) is 15.5. The highest BCUT2D eigenvalue weighted by atomic mass is 35.5. The molecule has 47 heavy (non-hydrogen) atoms. The summed E-state index contributed by atoms with van der Waals surface area (Å²) < 4.78 is 30.8. The van der Waals surface area contributed by atoms with Gasteiger partial charge in [-0.1, -0.05) is 59.1 Å². The summed E-state index contributed by atoms with van der Waals surface area (Å²) in [5.41, 5.74) is 6.09. The van der Waals surface area contributed by atoms with E-state index in [0.717, 1.165) is 33.4 Å². The molecular formula is C39H39Cl3O5. The number of ether oxygens (including phenoxy) is 5. The summed E-state index contributed by atoms with van der Waals surface area (Å²) in [6.45, 7) is 10.3. The molecule has 0 N–H and O–H groups in total. The van der Waals surface area contributed by atoms with E-state index >= 15 is 0 Å². The smallest absolute Gasteiger partial charge is 0.172 e. The summed E-state index contributed by atoms with van der Waals surface area (Å²) in [5, 5.41) is 1.58. The van der Waals surface area contributed by atoms with E-state index in [1.165, 1.54) is 0 Å². The molecule has 6 bridgehead atoms. The van der Waals surface area contributed by atoms with Crippen LogP contribution in [0, 0.1) is 20.8 Å². The summed E-state index contributed by atoms with van der Waals surface area (Å²) in [6, 6.07) is 17.4. The lowest BCUT2D eigenvalue weighted by Gasteiger charge is -2.19. The van der Waals surface area contributed by atoms with Gasteiger partial charge in [-0.05, 0) is 118 Å². The van der Waals surface area contributed by atoms with Crippen LogP contribution in [0.15, 0.2) is 77.9 Å². The first-order valence-corrected chi connectivity index (χ1v) is 16.7. The monoisotopic (exact) mass is 692 g/mol. The quantitative estimate of drug-likeness (QED) is 0.200. The van der Waals surface area contributed by atoms with E-state index in [4.69, 9.17) is 58.5 Å². The van der Waals surface area contributed by atoms with Crippen molar-refractivity contribution in [3.63, 3.8) is 0 Å². The third kappa shape index (κ3) is 8.78. The van der Waals surface area contributed by atoms with E-state index in [9.17, 15) is 0 Å². The Kier molecular flexibility index (Phi) is 11.3. The summed E-state index contributed by atoms with van der Waals surface area (Å²) in [7, 11) is 1.62. The van der Waals surface area contributed by atoms with Gasteiger partial charge in [0.2, 0.25) is 0 Å². The molecule has 0 amide bonds. The van der Waals surface area contributed by atoms with Gasteiger partial charge in [0.1, 0.15) is 23.9 Å². The summed E-state index contributed by atoms with van der Waals surface area (Å²) >= 11 is 20.0. The minimum atomic E-state index is -0.0418. The van der Waals surface area contributed by atoms with Crippen LogP contribution in [-0.2, 0) is 19.3 Å². The first-order chi connectivity index (χ1) is 22.5. The number of rotatable bonds is 3. The second kappa shape index (κ2) is 15.4. The zero-order valence-electron chi connectivity index (χ0n) is 27.5. The molecule has 0 atom stereocenters. The van der Waals surface area contributed by atoms with Crippen LogP contribution in [0.3, 0.4) is 0 Å². The van der Waals surface area contributed by atoms with Crippen molar-refractivity contribution in [2.45, 2.75) is 60.0 Å². The minimum Gasteiger partial charge on any atom is -0.493 e. The van der Waals surface area contributed by atoms with Crippen LogP contribution in [0.5, 0.6) is 40.2 Å².